The third kappa shape index (κ3) is 4.67. The summed E-state index contributed by atoms with van der Waals surface area (Å²) in [5.41, 5.74) is 0.683. The molecule has 2 aromatic rings. The van der Waals surface area contributed by atoms with E-state index in [9.17, 15) is 14.4 Å². The van der Waals surface area contributed by atoms with Crippen LogP contribution in [0.4, 0.5) is 0 Å². The largest absolute Gasteiger partial charge is 0.497 e. The van der Waals surface area contributed by atoms with Gasteiger partial charge in [-0.15, -0.1) is 0 Å². The van der Waals surface area contributed by atoms with Gasteiger partial charge in [0.25, 0.3) is 0 Å². The van der Waals surface area contributed by atoms with E-state index in [4.69, 9.17) is 14.2 Å². The third-order valence-corrected chi connectivity index (χ3v) is 3.10. The molecule has 0 fully saturated rings. The van der Waals surface area contributed by atoms with E-state index in [0.29, 0.717) is 22.6 Å². The second kappa shape index (κ2) is 7.92. The van der Waals surface area contributed by atoms with Crippen molar-refractivity contribution >= 4 is 17.7 Å². The van der Waals surface area contributed by atoms with Gasteiger partial charge in [0.2, 0.25) is 0 Å². The quantitative estimate of drug-likeness (QED) is 0.461. The predicted molar refractivity (Wildman–Crippen MR) is 85.4 cm³/mol. The van der Waals surface area contributed by atoms with Crippen molar-refractivity contribution in [1.82, 2.24) is 0 Å². The number of carbonyl (C=O) groups is 3. The van der Waals surface area contributed by atoms with E-state index in [1.165, 1.54) is 38.3 Å². The lowest BCUT2D eigenvalue weighted by atomic mass is 10.1. The number of rotatable bonds is 6. The lowest BCUT2D eigenvalue weighted by Crippen LogP contribution is -2.14. The Balaban J connectivity index is 1.91. The Hall–Kier alpha value is -3.15. The molecule has 0 aromatic heterocycles. The highest BCUT2D eigenvalue weighted by atomic mass is 16.5. The minimum atomic E-state index is -0.595. The summed E-state index contributed by atoms with van der Waals surface area (Å²) in [4.78, 5) is 34.7. The Bertz CT molecular complexity index is 731. The molecule has 24 heavy (non-hydrogen) atoms. The van der Waals surface area contributed by atoms with Gasteiger partial charge in [0.1, 0.15) is 11.5 Å². The number of carbonyl (C=O) groups excluding carboxylic acids is 3. The van der Waals surface area contributed by atoms with Gasteiger partial charge in [-0.05, 0) is 48.5 Å². The van der Waals surface area contributed by atoms with Crippen molar-refractivity contribution in [2.24, 2.45) is 0 Å². The SMILES string of the molecule is COc1ccc(C(=O)OCC(=O)c2ccc(OC(C)=O)cc2)cc1. The average molecular weight is 328 g/mol. The predicted octanol–water partition coefficient (Wildman–Crippen LogP) is 2.66. The van der Waals surface area contributed by atoms with Crippen LogP contribution in [0.5, 0.6) is 11.5 Å². The molecule has 0 aliphatic rings. The Kier molecular flexibility index (Phi) is 5.68. The molecule has 0 N–H and O–H groups in total. The molecule has 0 unspecified atom stereocenters. The maximum absolute atomic E-state index is 12.0. The zero-order valence-electron chi connectivity index (χ0n) is 13.3. The van der Waals surface area contributed by atoms with Crippen LogP contribution in [0.2, 0.25) is 0 Å². The fourth-order valence-electron chi connectivity index (χ4n) is 1.90. The second-order valence-corrected chi connectivity index (χ2v) is 4.85. The van der Waals surface area contributed by atoms with Crippen LogP contribution in [-0.2, 0) is 9.53 Å². The molecule has 0 radical (unpaired) electrons. The maximum atomic E-state index is 12.0. The van der Waals surface area contributed by atoms with Gasteiger partial charge in [0.15, 0.2) is 12.4 Å². The number of ketones is 1. The summed E-state index contributed by atoms with van der Waals surface area (Å²) < 4.78 is 14.9. The molecule has 0 heterocycles. The van der Waals surface area contributed by atoms with Crippen LogP contribution in [-0.4, -0.2) is 31.4 Å². The van der Waals surface area contributed by atoms with Crippen LogP contribution in [0.1, 0.15) is 27.6 Å². The fourth-order valence-corrected chi connectivity index (χ4v) is 1.90. The first-order valence-electron chi connectivity index (χ1n) is 7.12. The van der Waals surface area contributed by atoms with Gasteiger partial charge < -0.3 is 14.2 Å². The van der Waals surface area contributed by atoms with Crippen molar-refractivity contribution in [2.45, 2.75) is 6.92 Å². The molecular weight excluding hydrogens is 312 g/mol. The average Bonchev–Trinajstić information content (AvgIpc) is 2.59. The second-order valence-electron chi connectivity index (χ2n) is 4.85. The van der Waals surface area contributed by atoms with E-state index in [1.54, 1.807) is 24.3 Å². The van der Waals surface area contributed by atoms with Crippen LogP contribution >= 0.6 is 0 Å². The normalized spacial score (nSPS) is 9.92. The van der Waals surface area contributed by atoms with E-state index in [2.05, 4.69) is 0 Å². The molecule has 124 valence electrons. The number of methoxy groups -OCH3 is 1. The number of hydrogen-bond donors (Lipinski definition) is 0. The fraction of sp³-hybridized carbons (Fsp3) is 0.167. The Morgan fingerprint density at radius 2 is 1.38 bits per heavy atom. The molecule has 0 saturated carbocycles. The summed E-state index contributed by atoms with van der Waals surface area (Å²) in [6.07, 6.45) is 0. The molecule has 0 bridgehead atoms. The van der Waals surface area contributed by atoms with Crippen LogP contribution in [0.15, 0.2) is 48.5 Å². The molecule has 2 aromatic carbocycles. The molecule has 0 amide bonds. The van der Waals surface area contributed by atoms with E-state index in [-0.39, 0.29) is 12.4 Å². The monoisotopic (exact) mass is 328 g/mol. The first-order valence-corrected chi connectivity index (χ1v) is 7.12. The highest BCUT2D eigenvalue weighted by molar-refractivity contribution is 5.99. The van der Waals surface area contributed by atoms with Gasteiger partial charge in [0.05, 0.1) is 12.7 Å². The van der Waals surface area contributed by atoms with Crippen molar-refractivity contribution in [3.05, 3.63) is 59.7 Å². The lowest BCUT2D eigenvalue weighted by Gasteiger charge is -2.06. The summed E-state index contributed by atoms with van der Waals surface area (Å²) >= 11 is 0. The Morgan fingerprint density at radius 3 is 1.92 bits per heavy atom. The van der Waals surface area contributed by atoms with Gasteiger partial charge >= 0.3 is 11.9 Å². The van der Waals surface area contributed by atoms with Crippen molar-refractivity contribution < 1.29 is 28.6 Å². The van der Waals surface area contributed by atoms with Gasteiger partial charge in [-0.3, -0.25) is 9.59 Å². The van der Waals surface area contributed by atoms with Crippen LogP contribution < -0.4 is 9.47 Å². The summed E-state index contributed by atoms with van der Waals surface area (Å²) in [5, 5.41) is 0. The zero-order valence-corrected chi connectivity index (χ0v) is 13.3. The van der Waals surface area contributed by atoms with Gasteiger partial charge in [-0.1, -0.05) is 0 Å². The first kappa shape index (κ1) is 17.2. The van der Waals surface area contributed by atoms with Crippen molar-refractivity contribution in [3.63, 3.8) is 0 Å². The summed E-state index contributed by atoms with van der Waals surface area (Å²) in [6.45, 7) is 0.912. The first-order chi connectivity index (χ1) is 11.5. The minimum Gasteiger partial charge on any atom is -0.497 e. The summed E-state index contributed by atoms with van der Waals surface area (Å²) in [5.74, 6) is -0.430. The molecule has 0 spiro atoms. The van der Waals surface area contributed by atoms with Crippen LogP contribution in [0.25, 0.3) is 0 Å². The standard InChI is InChI=1S/C18H16O6/c1-12(19)24-16-9-3-13(4-10-16)17(20)11-23-18(21)14-5-7-15(22-2)8-6-14/h3-10H,11H2,1-2H3. The number of ether oxygens (including phenoxy) is 3. The van der Waals surface area contributed by atoms with Crippen molar-refractivity contribution in [1.29, 1.82) is 0 Å². The highest BCUT2D eigenvalue weighted by Crippen LogP contribution is 2.14. The maximum Gasteiger partial charge on any atom is 0.338 e. The molecule has 0 aliphatic heterocycles. The number of esters is 2. The van der Waals surface area contributed by atoms with Crippen LogP contribution in [0, 0.1) is 0 Å². The molecule has 2 rings (SSSR count). The van der Waals surface area contributed by atoms with Crippen molar-refractivity contribution in [3.8, 4) is 11.5 Å². The molecular formula is C18H16O6. The van der Waals surface area contributed by atoms with E-state index in [0.717, 1.165) is 0 Å². The van der Waals surface area contributed by atoms with E-state index < -0.39 is 11.9 Å². The Morgan fingerprint density at radius 1 is 0.833 bits per heavy atom. The van der Waals surface area contributed by atoms with Crippen LogP contribution in [0.3, 0.4) is 0 Å². The number of Topliss-reactive ketones (excluding diaryl/α,β-unsaturated/α-hetero) is 1. The van der Waals surface area contributed by atoms with E-state index >= 15 is 0 Å². The number of benzene rings is 2. The third-order valence-electron chi connectivity index (χ3n) is 3.10. The van der Waals surface area contributed by atoms with E-state index in [1.807, 2.05) is 0 Å². The van der Waals surface area contributed by atoms with Gasteiger partial charge in [-0.2, -0.15) is 0 Å². The van der Waals surface area contributed by atoms with Crippen molar-refractivity contribution in [2.75, 3.05) is 13.7 Å². The molecule has 6 nitrogen and oxygen atoms in total. The lowest BCUT2D eigenvalue weighted by molar-refractivity contribution is -0.131. The molecule has 0 atom stereocenters. The molecule has 0 aliphatic carbocycles. The zero-order chi connectivity index (χ0) is 17.5. The minimum absolute atomic E-state index is 0.328. The summed E-state index contributed by atoms with van der Waals surface area (Å²) in [7, 11) is 1.53. The van der Waals surface area contributed by atoms with Gasteiger partial charge in [0, 0.05) is 12.5 Å². The molecule has 6 heteroatoms. The van der Waals surface area contributed by atoms with Gasteiger partial charge in [-0.25, -0.2) is 4.79 Å². The summed E-state index contributed by atoms with van der Waals surface area (Å²) in [6, 6.07) is 12.4. The highest BCUT2D eigenvalue weighted by Gasteiger charge is 2.12. The number of hydrogen-bond acceptors (Lipinski definition) is 6. The topological polar surface area (TPSA) is 78.9 Å². The Labute approximate surface area is 139 Å². The smallest absolute Gasteiger partial charge is 0.338 e. The molecule has 0 saturated heterocycles.